The van der Waals surface area contributed by atoms with Gasteiger partial charge in [0.2, 0.25) is 0 Å². The van der Waals surface area contributed by atoms with Crippen LogP contribution in [0.25, 0.3) is 16.9 Å². The van der Waals surface area contributed by atoms with Crippen molar-refractivity contribution in [3.8, 4) is 11.3 Å². The first-order valence-corrected chi connectivity index (χ1v) is 6.12. The summed E-state index contributed by atoms with van der Waals surface area (Å²) in [4.78, 5) is 4.46. The number of aromatic nitrogens is 2. The zero-order chi connectivity index (χ0) is 12.7. The first-order valence-electron chi connectivity index (χ1n) is 5.33. The number of rotatable bonds is 1. The third kappa shape index (κ3) is 1.86. The van der Waals surface area contributed by atoms with Gasteiger partial charge in [-0.2, -0.15) is 0 Å². The van der Waals surface area contributed by atoms with Crippen LogP contribution in [0.4, 0.5) is 10.1 Å². The van der Waals surface area contributed by atoms with Gasteiger partial charge in [0, 0.05) is 23.6 Å². The van der Waals surface area contributed by atoms with E-state index in [1.807, 2.05) is 16.7 Å². The van der Waals surface area contributed by atoms with E-state index in [2.05, 4.69) is 20.9 Å². The lowest BCUT2D eigenvalue weighted by atomic mass is 10.2. The number of anilines is 1. The normalized spacial score (nSPS) is 11.0. The molecule has 5 heteroatoms. The summed E-state index contributed by atoms with van der Waals surface area (Å²) in [7, 11) is 0. The van der Waals surface area contributed by atoms with E-state index in [-0.39, 0.29) is 5.82 Å². The summed E-state index contributed by atoms with van der Waals surface area (Å²) in [6.45, 7) is 0. The molecule has 2 N–H and O–H groups in total. The minimum Gasteiger partial charge on any atom is -0.398 e. The standard InChI is InChI=1S/C13H9BrFN3/c14-10-5-8(1-3-11(10)15)12-7-18-6-9(16)2-4-13(18)17-12/h1-7H,16H2. The molecule has 0 aliphatic rings. The zero-order valence-corrected chi connectivity index (χ0v) is 10.9. The summed E-state index contributed by atoms with van der Waals surface area (Å²) in [6.07, 6.45) is 3.66. The number of imidazole rings is 1. The highest BCUT2D eigenvalue weighted by Gasteiger charge is 2.07. The lowest BCUT2D eigenvalue weighted by molar-refractivity contribution is 0.621. The van der Waals surface area contributed by atoms with E-state index in [1.165, 1.54) is 6.07 Å². The van der Waals surface area contributed by atoms with E-state index >= 15 is 0 Å². The Hall–Kier alpha value is -1.88. The highest BCUT2D eigenvalue weighted by atomic mass is 79.9. The van der Waals surface area contributed by atoms with Crippen LogP contribution in [0, 0.1) is 5.82 Å². The van der Waals surface area contributed by atoms with Gasteiger partial charge in [-0.25, -0.2) is 9.37 Å². The fourth-order valence-corrected chi connectivity index (χ4v) is 2.18. The largest absolute Gasteiger partial charge is 0.398 e. The van der Waals surface area contributed by atoms with Crippen molar-refractivity contribution in [2.45, 2.75) is 0 Å². The van der Waals surface area contributed by atoms with Crippen molar-refractivity contribution < 1.29 is 4.39 Å². The fourth-order valence-electron chi connectivity index (χ4n) is 1.80. The molecule has 1 aromatic carbocycles. The van der Waals surface area contributed by atoms with Crippen LogP contribution in [0.1, 0.15) is 0 Å². The molecule has 0 amide bonds. The van der Waals surface area contributed by atoms with Crippen molar-refractivity contribution in [3.05, 3.63) is 53.0 Å². The third-order valence-electron chi connectivity index (χ3n) is 2.69. The molecule has 0 unspecified atom stereocenters. The van der Waals surface area contributed by atoms with Crippen molar-refractivity contribution in [2.24, 2.45) is 0 Å². The Bertz CT molecular complexity index is 736. The van der Waals surface area contributed by atoms with Gasteiger partial charge in [0.25, 0.3) is 0 Å². The lowest BCUT2D eigenvalue weighted by Crippen LogP contribution is -1.88. The predicted molar refractivity (Wildman–Crippen MR) is 72.7 cm³/mol. The molecule has 3 aromatic rings. The monoisotopic (exact) mass is 305 g/mol. The Morgan fingerprint density at radius 3 is 2.78 bits per heavy atom. The van der Waals surface area contributed by atoms with Crippen molar-refractivity contribution in [1.29, 1.82) is 0 Å². The van der Waals surface area contributed by atoms with Crippen molar-refractivity contribution in [2.75, 3.05) is 5.73 Å². The molecule has 2 heterocycles. The number of nitrogens with zero attached hydrogens (tertiary/aromatic N) is 2. The summed E-state index contributed by atoms with van der Waals surface area (Å²) in [5, 5.41) is 0. The molecule has 90 valence electrons. The van der Waals surface area contributed by atoms with Gasteiger partial charge in [-0.3, -0.25) is 0 Å². The van der Waals surface area contributed by atoms with Crippen LogP contribution in [-0.2, 0) is 0 Å². The smallest absolute Gasteiger partial charge is 0.137 e. The van der Waals surface area contributed by atoms with E-state index < -0.39 is 0 Å². The Morgan fingerprint density at radius 2 is 2.00 bits per heavy atom. The summed E-state index contributed by atoms with van der Waals surface area (Å²) < 4.78 is 15.5. The van der Waals surface area contributed by atoms with Gasteiger partial charge >= 0.3 is 0 Å². The van der Waals surface area contributed by atoms with Gasteiger partial charge in [0.1, 0.15) is 11.5 Å². The molecule has 0 spiro atoms. The maximum atomic E-state index is 13.2. The highest BCUT2D eigenvalue weighted by Crippen LogP contribution is 2.25. The summed E-state index contributed by atoms with van der Waals surface area (Å²) in [6, 6.07) is 8.47. The summed E-state index contributed by atoms with van der Waals surface area (Å²) in [5.74, 6) is -0.285. The highest BCUT2D eigenvalue weighted by molar-refractivity contribution is 9.10. The quantitative estimate of drug-likeness (QED) is 0.748. The molecular weight excluding hydrogens is 297 g/mol. The van der Waals surface area contributed by atoms with Gasteiger partial charge in [-0.05, 0) is 46.3 Å². The van der Waals surface area contributed by atoms with Crippen LogP contribution in [0.3, 0.4) is 0 Å². The summed E-state index contributed by atoms with van der Waals surface area (Å²) >= 11 is 3.17. The Labute approximate surface area is 111 Å². The van der Waals surface area contributed by atoms with Crippen LogP contribution < -0.4 is 5.73 Å². The van der Waals surface area contributed by atoms with Crippen molar-refractivity contribution >= 4 is 27.3 Å². The minimum absolute atomic E-state index is 0.285. The summed E-state index contributed by atoms with van der Waals surface area (Å²) in [5.41, 5.74) is 8.82. The number of pyridine rings is 1. The van der Waals surface area contributed by atoms with Gasteiger partial charge in [-0.1, -0.05) is 0 Å². The first-order chi connectivity index (χ1) is 8.63. The van der Waals surface area contributed by atoms with Crippen molar-refractivity contribution in [1.82, 2.24) is 9.38 Å². The molecule has 0 saturated heterocycles. The van der Waals surface area contributed by atoms with E-state index in [1.54, 1.807) is 24.4 Å². The molecule has 2 aromatic heterocycles. The third-order valence-corrected chi connectivity index (χ3v) is 3.30. The van der Waals surface area contributed by atoms with Crippen LogP contribution >= 0.6 is 15.9 Å². The molecule has 0 saturated carbocycles. The molecule has 0 atom stereocenters. The van der Waals surface area contributed by atoms with Gasteiger partial charge < -0.3 is 10.1 Å². The zero-order valence-electron chi connectivity index (χ0n) is 9.27. The first kappa shape index (κ1) is 11.2. The molecule has 0 aliphatic carbocycles. The predicted octanol–water partition coefficient (Wildman–Crippen LogP) is 3.49. The fraction of sp³-hybridized carbons (Fsp3) is 0. The lowest BCUT2D eigenvalue weighted by Gasteiger charge is -1.98. The minimum atomic E-state index is -0.285. The SMILES string of the molecule is Nc1ccc2nc(-c3ccc(F)c(Br)c3)cn2c1. The molecule has 0 fully saturated rings. The second kappa shape index (κ2) is 4.10. The second-order valence-electron chi connectivity index (χ2n) is 3.98. The molecule has 18 heavy (non-hydrogen) atoms. The molecule has 3 nitrogen and oxygen atoms in total. The van der Waals surface area contributed by atoms with E-state index in [4.69, 9.17) is 5.73 Å². The van der Waals surface area contributed by atoms with Crippen LogP contribution in [0.5, 0.6) is 0 Å². The van der Waals surface area contributed by atoms with Crippen LogP contribution in [-0.4, -0.2) is 9.38 Å². The number of nitrogens with two attached hydrogens (primary N) is 1. The van der Waals surface area contributed by atoms with Crippen molar-refractivity contribution in [3.63, 3.8) is 0 Å². The van der Waals surface area contributed by atoms with Crippen LogP contribution in [0.2, 0.25) is 0 Å². The maximum Gasteiger partial charge on any atom is 0.137 e. The molecular formula is C13H9BrFN3. The molecule has 0 radical (unpaired) electrons. The number of hydrogen-bond acceptors (Lipinski definition) is 2. The number of hydrogen-bond donors (Lipinski definition) is 1. The van der Waals surface area contributed by atoms with Crippen LogP contribution in [0.15, 0.2) is 47.2 Å². The van der Waals surface area contributed by atoms with Gasteiger partial charge in [0.05, 0.1) is 10.2 Å². The Morgan fingerprint density at radius 1 is 1.17 bits per heavy atom. The number of benzene rings is 1. The Kier molecular flexibility index (Phi) is 2.56. The van der Waals surface area contributed by atoms with E-state index in [0.717, 1.165) is 16.9 Å². The number of halogens is 2. The van der Waals surface area contributed by atoms with E-state index in [9.17, 15) is 4.39 Å². The van der Waals surface area contributed by atoms with Gasteiger partial charge in [-0.15, -0.1) is 0 Å². The molecule has 0 bridgehead atoms. The average molecular weight is 306 g/mol. The second-order valence-corrected chi connectivity index (χ2v) is 4.84. The van der Waals surface area contributed by atoms with Gasteiger partial charge in [0.15, 0.2) is 0 Å². The molecule has 3 rings (SSSR count). The maximum absolute atomic E-state index is 13.2. The molecule has 0 aliphatic heterocycles. The average Bonchev–Trinajstić information content (AvgIpc) is 2.75. The van der Waals surface area contributed by atoms with E-state index in [0.29, 0.717) is 10.2 Å². The number of fused-ring (bicyclic) bond motifs is 1. The number of nitrogen functional groups attached to an aromatic ring is 1. The topological polar surface area (TPSA) is 43.3 Å². The Balaban J connectivity index is 2.16.